The van der Waals surface area contributed by atoms with Crippen molar-refractivity contribution in [1.29, 1.82) is 0 Å². The van der Waals surface area contributed by atoms with Gasteiger partial charge in [0.05, 0.1) is 24.3 Å². The number of nitrogens with zero attached hydrogens (tertiary/aromatic N) is 2. The maximum atomic E-state index is 13.4. The van der Waals surface area contributed by atoms with Gasteiger partial charge < -0.3 is 4.90 Å². The Morgan fingerprint density at radius 2 is 2.00 bits per heavy atom. The first-order valence-electron chi connectivity index (χ1n) is 7.26. The molecule has 0 unspecified atom stereocenters. The van der Waals surface area contributed by atoms with Crippen molar-refractivity contribution in [3.63, 3.8) is 0 Å². The molecule has 0 saturated heterocycles. The standard InChI is InChI=1S/C17H14F2N2O2/c1-2-12(22)9-21-16-6-11(8-20-15(16)7-17(21)23)10-3-4-13(18)14(19)5-10/h3-6,8H,2,7,9H2,1H3. The van der Waals surface area contributed by atoms with E-state index in [4.69, 9.17) is 0 Å². The van der Waals surface area contributed by atoms with Crippen LogP contribution in [0, 0.1) is 11.6 Å². The highest BCUT2D eigenvalue weighted by atomic mass is 19.2. The fraction of sp³-hybridized carbons (Fsp3) is 0.235. The van der Waals surface area contributed by atoms with Crippen molar-refractivity contribution in [2.75, 3.05) is 11.4 Å². The van der Waals surface area contributed by atoms with Crippen LogP contribution >= 0.6 is 0 Å². The molecule has 118 valence electrons. The molecular weight excluding hydrogens is 302 g/mol. The van der Waals surface area contributed by atoms with E-state index in [0.29, 0.717) is 28.9 Å². The van der Waals surface area contributed by atoms with Crippen LogP contribution in [0.25, 0.3) is 11.1 Å². The zero-order valence-electron chi connectivity index (χ0n) is 12.5. The number of Topliss-reactive ketones (excluding diaryl/α,β-unsaturated/α-hetero) is 1. The highest BCUT2D eigenvalue weighted by Gasteiger charge is 2.30. The first kappa shape index (κ1) is 15.3. The number of hydrogen-bond acceptors (Lipinski definition) is 3. The number of rotatable bonds is 4. The lowest BCUT2D eigenvalue weighted by atomic mass is 10.1. The van der Waals surface area contributed by atoms with Crippen LogP contribution in [0.4, 0.5) is 14.5 Å². The summed E-state index contributed by atoms with van der Waals surface area (Å²) in [6.07, 6.45) is 2.00. The van der Waals surface area contributed by atoms with Gasteiger partial charge in [-0.3, -0.25) is 14.6 Å². The van der Waals surface area contributed by atoms with Gasteiger partial charge in [0.1, 0.15) is 0 Å². The molecule has 1 aromatic heterocycles. The highest BCUT2D eigenvalue weighted by Crippen LogP contribution is 2.32. The minimum absolute atomic E-state index is 0.00520. The predicted octanol–water partition coefficient (Wildman–Crippen LogP) is 2.90. The van der Waals surface area contributed by atoms with Crippen molar-refractivity contribution >= 4 is 17.4 Å². The van der Waals surface area contributed by atoms with Gasteiger partial charge in [0.2, 0.25) is 5.91 Å². The first-order chi connectivity index (χ1) is 11.0. The summed E-state index contributed by atoms with van der Waals surface area (Å²) < 4.78 is 26.4. The van der Waals surface area contributed by atoms with Crippen LogP contribution in [0.5, 0.6) is 0 Å². The largest absolute Gasteiger partial charge is 0.303 e. The van der Waals surface area contributed by atoms with Gasteiger partial charge in [0, 0.05) is 18.2 Å². The summed E-state index contributed by atoms with van der Waals surface area (Å²) in [5.74, 6) is -2.11. The van der Waals surface area contributed by atoms with Gasteiger partial charge in [0.15, 0.2) is 17.4 Å². The third-order valence-corrected chi connectivity index (χ3v) is 3.84. The molecule has 0 N–H and O–H groups in total. The Hall–Kier alpha value is -2.63. The van der Waals surface area contributed by atoms with Gasteiger partial charge >= 0.3 is 0 Å². The van der Waals surface area contributed by atoms with E-state index in [1.165, 1.54) is 17.2 Å². The molecule has 0 aliphatic carbocycles. The van der Waals surface area contributed by atoms with Crippen LogP contribution in [-0.4, -0.2) is 23.2 Å². The van der Waals surface area contributed by atoms with E-state index < -0.39 is 11.6 Å². The molecule has 2 heterocycles. The van der Waals surface area contributed by atoms with E-state index in [2.05, 4.69) is 4.98 Å². The predicted molar refractivity (Wildman–Crippen MR) is 80.9 cm³/mol. The SMILES string of the molecule is CCC(=O)CN1C(=O)Cc2ncc(-c3ccc(F)c(F)c3)cc21. The Balaban J connectivity index is 1.99. The Labute approximate surface area is 131 Å². The van der Waals surface area contributed by atoms with Gasteiger partial charge in [0.25, 0.3) is 0 Å². The van der Waals surface area contributed by atoms with Crippen LogP contribution in [0.2, 0.25) is 0 Å². The molecule has 1 aromatic carbocycles. The maximum absolute atomic E-state index is 13.4. The number of halogens is 2. The van der Waals surface area contributed by atoms with Crippen molar-refractivity contribution in [1.82, 2.24) is 4.98 Å². The van der Waals surface area contributed by atoms with Gasteiger partial charge in [-0.15, -0.1) is 0 Å². The minimum Gasteiger partial charge on any atom is -0.303 e. The minimum atomic E-state index is -0.947. The molecule has 1 amide bonds. The smallest absolute Gasteiger partial charge is 0.233 e. The summed E-state index contributed by atoms with van der Waals surface area (Å²) in [6, 6.07) is 5.25. The third-order valence-electron chi connectivity index (χ3n) is 3.84. The van der Waals surface area contributed by atoms with Crippen molar-refractivity contribution in [2.24, 2.45) is 0 Å². The molecule has 0 saturated carbocycles. The molecule has 1 aliphatic rings. The number of ketones is 1. The number of amides is 1. The molecule has 0 fully saturated rings. The molecular formula is C17H14F2N2O2. The van der Waals surface area contributed by atoms with E-state index in [-0.39, 0.29) is 24.7 Å². The van der Waals surface area contributed by atoms with Crippen LogP contribution in [0.3, 0.4) is 0 Å². The number of benzene rings is 1. The highest BCUT2D eigenvalue weighted by molar-refractivity contribution is 6.05. The maximum Gasteiger partial charge on any atom is 0.233 e. The van der Waals surface area contributed by atoms with Crippen LogP contribution in [-0.2, 0) is 16.0 Å². The summed E-state index contributed by atoms with van der Waals surface area (Å²) in [7, 11) is 0. The monoisotopic (exact) mass is 316 g/mol. The number of carbonyl (C=O) groups excluding carboxylic acids is 2. The molecule has 23 heavy (non-hydrogen) atoms. The second kappa shape index (κ2) is 5.87. The molecule has 0 atom stereocenters. The van der Waals surface area contributed by atoms with Crippen LogP contribution < -0.4 is 4.90 Å². The Morgan fingerprint density at radius 3 is 2.70 bits per heavy atom. The lowest BCUT2D eigenvalue weighted by Crippen LogP contribution is -2.32. The van der Waals surface area contributed by atoms with Crippen molar-refractivity contribution in [2.45, 2.75) is 19.8 Å². The Kier molecular flexibility index (Phi) is 3.90. The number of carbonyl (C=O) groups is 2. The van der Waals surface area contributed by atoms with Crippen LogP contribution in [0.15, 0.2) is 30.5 Å². The first-order valence-corrected chi connectivity index (χ1v) is 7.26. The van der Waals surface area contributed by atoms with E-state index in [1.54, 1.807) is 13.0 Å². The lowest BCUT2D eigenvalue weighted by Gasteiger charge is -2.16. The quantitative estimate of drug-likeness (QED) is 0.871. The van der Waals surface area contributed by atoms with Gasteiger partial charge in [-0.1, -0.05) is 13.0 Å². The second-order valence-corrected chi connectivity index (χ2v) is 5.37. The second-order valence-electron chi connectivity index (χ2n) is 5.37. The van der Waals surface area contributed by atoms with E-state index in [1.807, 2.05) is 0 Å². The topological polar surface area (TPSA) is 50.3 Å². The molecule has 2 aromatic rings. The molecule has 0 spiro atoms. The van der Waals surface area contributed by atoms with Crippen molar-refractivity contribution in [3.05, 3.63) is 47.8 Å². The molecule has 4 nitrogen and oxygen atoms in total. The summed E-state index contributed by atoms with van der Waals surface area (Å²) in [5, 5.41) is 0. The number of anilines is 1. The number of aromatic nitrogens is 1. The molecule has 0 bridgehead atoms. The number of hydrogen-bond donors (Lipinski definition) is 0. The zero-order chi connectivity index (χ0) is 16.6. The number of pyridine rings is 1. The third kappa shape index (κ3) is 2.84. The van der Waals surface area contributed by atoms with E-state index in [0.717, 1.165) is 12.1 Å². The molecule has 0 radical (unpaired) electrons. The van der Waals surface area contributed by atoms with Crippen molar-refractivity contribution < 1.29 is 18.4 Å². The van der Waals surface area contributed by atoms with Crippen LogP contribution in [0.1, 0.15) is 19.0 Å². The zero-order valence-corrected chi connectivity index (χ0v) is 12.5. The summed E-state index contributed by atoms with van der Waals surface area (Å²) in [6.45, 7) is 1.74. The van der Waals surface area contributed by atoms with Crippen molar-refractivity contribution in [3.8, 4) is 11.1 Å². The van der Waals surface area contributed by atoms with Gasteiger partial charge in [-0.25, -0.2) is 8.78 Å². The Bertz CT molecular complexity index is 805. The number of fused-ring (bicyclic) bond motifs is 1. The molecule has 1 aliphatic heterocycles. The normalized spacial score (nSPS) is 13.3. The summed E-state index contributed by atoms with van der Waals surface area (Å²) in [5.41, 5.74) is 2.16. The fourth-order valence-corrected chi connectivity index (χ4v) is 2.52. The molecule has 3 rings (SSSR count). The summed E-state index contributed by atoms with van der Waals surface area (Å²) >= 11 is 0. The van der Waals surface area contributed by atoms with Gasteiger partial charge in [-0.2, -0.15) is 0 Å². The summed E-state index contributed by atoms with van der Waals surface area (Å²) in [4.78, 5) is 29.3. The van der Waals surface area contributed by atoms with E-state index in [9.17, 15) is 18.4 Å². The average molecular weight is 316 g/mol. The fourth-order valence-electron chi connectivity index (χ4n) is 2.52. The lowest BCUT2D eigenvalue weighted by molar-refractivity contribution is -0.121. The average Bonchev–Trinajstić information content (AvgIpc) is 2.85. The van der Waals surface area contributed by atoms with E-state index >= 15 is 0 Å². The molecule has 6 heteroatoms. The Morgan fingerprint density at radius 1 is 1.22 bits per heavy atom. The van der Waals surface area contributed by atoms with Gasteiger partial charge in [-0.05, 0) is 23.8 Å².